The molecular weight excluding hydrogens is 376 g/mol. The molecule has 7 nitrogen and oxygen atoms in total. The molecule has 1 aliphatic heterocycles. The molecule has 2 N–H and O–H groups in total. The van der Waals surface area contributed by atoms with Crippen molar-refractivity contribution in [1.29, 1.82) is 0 Å². The van der Waals surface area contributed by atoms with Gasteiger partial charge < -0.3 is 15.3 Å². The third-order valence-corrected chi connectivity index (χ3v) is 4.98. The molecule has 7 heteroatoms. The van der Waals surface area contributed by atoms with Crippen LogP contribution in [0.15, 0.2) is 48.7 Å². The molecule has 3 aromatic rings. The standard InChI is InChI=1S/C23H24N6O/c1-15(2)29-16(3)14-26-20-22(25-13-11-17-7-9-18(30)10-8-17)27-21(28-23(20)29)19-6-4-5-12-24-19/h4-10,12,15-16H,11,13H2,1-3H3,(H-,25,27,28,30)/p+1. The molecule has 2 aromatic heterocycles. The summed E-state index contributed by atoms with van der Waals surface area (Å²) in [6, 6.07) is 16.4. The first-order valence-corrected chi connectivity index (χ1v) is 10.1. The lowest BCUT2D eigenvalue weighted by Crippen LogP contribution is -2.40. The zero-order valence-corrected chi connectivity index (χ0v) is 17.4. The third-order valence-electron chi connectivity index (χ3n) is 4.98. The average Bonchev–Trinajstić information content (AvgIpc) is 2.75. The number of aromatic nitrogens is 3. The van der Waals surface area contributed by atoms with Crippen molar-refractivity contribution >= 4 is 17.3 Å². The highest BCUT2D eigenvalue weighted by Gasteiger charge is 2.36. The fourth-order valence-electron chi connectivity index (χ4n) is 3.54. The van der Waals surface area contributed by atoms with E-state index in [-0.39, 0.29) is 17.8 Å². The van der Waals surface area contributed by atoms with E-state index in [0.717, 1.165) is 23.5 Å². The van der Waals surface area contributed by atoms with E-state index in [1.807, 2.05) is 30.3 Å². The van der Waals surface area contributed by atoms with E-state index >= 15 is 0 Å². The van der Waals surface area contributed by atoms with Gasteiger partial charge in [-0.2, -0.15) is 0 Å². The molecule has 30 heavy (non-hydrogen) atoms. The van der Waals surface area contributed by atoms with Crippen LogP contribution >= 0.6 is 0 Å². The molecule has 0 bridgehead atoms. The summed E-state index contributed by atoms with van der Waals surface area (Å²) < 4.78 is 0. The summed E-state index contributed by atoms with van der Waals surface area (Å²) in [6.45, 7) is 7.00. The molecular formula is C23H25N6O+. The third kappa shape index (κ3) is 4.03. The van der Waals surface area contributed by atoms with E-state index < -0.39 is 0 Å². The minimum atomic E-state index is 0.0221. The van der Waals surface area contributed by atoms with E-state index in [9.17, 15) is 5.11 Å². The van der Waals surface area contributed by atoms with E-state index in [0.29, 0.717) is 23.9 Å². The van der Waals surface area contributed by atoms with Gasteiger partial charge in [0.2, 0.25) is 11.6 Å². The SMILES string of the molecule is CC(C)N1c2nc(-c3ccccn3)nc(NCCc3ccc(O)cc3)c2[N+]#CC1C. The summed E-state index contributed by atoms with van der Waals surface area (Å²) in [5.74, 6) is 2.30. The Morgan fingerprint density at radius 1 is 1.17 bits per heavy atom. The largest absolute Gasteiger partial charge is 0.508 e. The second-order valence-corrected chi connectivity index (χ2v) is 7.54. The molecule has 3 heterocycles. The number of nitrogens with one attached hydrogen (secondary N) is 1. The lowest BCUT2D eigenvalue weighted by atomic mass is 10.1. The van der Waals surface area contributed by atoms with Gasteiger partial charge in [0.05, 0.1) is 0 Å². The van der Waals surface area contributed by atoms with Crippen LogP contribution in [0.3, 0.4) is 0 Å². The van der Waals surface area contributed by atoms with Gasteiger partial charge >= 0.3 is 11.8 Å². The van der Waals surface area contributed by atoms with E-state index in [2.05, 4.69) is 46.9 Å². The molecule has 1 unspecified atom stereocenters. The quantitative estimate of drug-likeness (QED) is 0.634. The van der Waals surface area contributed by atoms with Crippen LogP contribution in [-0.4, -0.2) is 38.7 Å². The minimum absolute atomic E-state index is 0.0221. The second-order valence-electron chi connectivity index (χ2n) is 7.54. The molecule has 0 aliphatic carbocycles. The zero-order chi connectivity index (χ0) is 21.1. The van der Waals surface area contributed by atoms with Gasteiger partial charge in [-0.1, -0.05) is 18.2 Å². The maximum absolute atomic E-state index is 9.46. The highest BCUT2D eigenvalue weighted by Crippen LogP contribution is 2.39. The predicted octanol–water partition coefficient (Wildman–Crippen LogP) is 4.48. The fraction of sp³-hybridized carbons (Fsp3) is 0.304. The van der Waals surface area contributed by atoms with Gasteiger partial charge in [0.1, 0.15) is 11.4 Å². The molecule has 4 rings (SSSR count). The van der Waals surface area contributed by atoms with Crippen molar-refractivity contribution in [2.75, 3.05) is 16.8 Å². The number of rotatable bonds is 6. The lowest BCUT2D eigenvalue weighted by Gasteiger charge is -2.29. The van der Waals surface area contributed by atoms with Gasteiger partial charge in [-0.25, -0.2) is 9.97 Å². The molecule has 0 amide bonds. The second kappa shape index (κ2) is 8.37. The van der Waals surface area contributed by atoms with E-state index in [1.165, 1.54) is 0 Å². The lowest BCUT2D eigenvalue weighted by molar-refractivity contribution is 0.475. The maximum Gasteiger partial charge on any atom is 0.424 e. The molecule has 0 radical (unpaired) electrons. The van der Waals surface area contributed by atoms with Crippen molar-refractivity contribution in [2.24, 2.45) is 0 Å². The van der Waals surface area contributed by atoms with Crippen LogP contribution in [0.4, 0.5) is 17.3 Å². The number of pyridine rings is 1. The van der Waals surface area contributed by atoms with Crippen molar-refractivity contribution < 1.29 is 5.11 Å². The van der Waals surface area contributed by atoms with Gasteiger partial charge in [-0.3, -0.25) is 4.98 Å². The van der Waals surface area contributed by atoms with Crippen LogP contribution in [0.5, 0.6) is 5.75 Å². The minimum Gasteiger partial charge on any atom is -0.508 e. The molecule has 0 fully saturated rings. The Morgan fingerprint density at radius 3 is 2.67 bits per heavy atom. The van der Waals surface area contributed by atoms with Gasteiger partial charge in [0, 0.05) is 18.8 Å². The summed E-state index contributed by atoms with van der Waals surface area (Å²) >= 11 is 0. The first-order chi connectivity index (χ1) is 14.5. The van der Waals surface area contributed by atoms with E-state index in [1.54, 1.807) is 18.3 Å². The number of hydrogen-bond donors (Lipinski definition) is 2. The molecule has 0 saturated heterocycles. The van der Waals surface area contributed by atoms with Crippen molar-refractivity contribution in [3.05, 3.63) is 59.1 Å². The van der Waals surface area contributed by atoms with Crippen LogP contribution in [-0.2, 0) is 6.42 Å². The molecule has 1 aromatic carbocycles. The Balaban J connectivity index is 1.69. The number of anilines is 2. The first kappa shape index (κ1) is 19.6. The number of benzene rings is 1. The van der Waals surface area contributed by atoms with Crippen molar-refractivity contribution in [1.82, 2.24) is 15.0 Å². The van der Waals surface area contributed by atoms with Crippen molar-refractivity contribution in [3.63, 3.8) is 0 Å². The molecule has 1 aliphatic rings. The zero-order valence-electron chi connectivity index (χ0n) is 17.4. The Labute approximate surface area is 176 Å². The number of nitrogens with zero attached hydrogens (tertiary/aromatic N) is 5. The van der Waals surface area contributed by atoms with E-state index in [4.69, 9.17) is 9.97 Å². The average molecular weight is 401 g/mol. The smallest absolute Gasteiger partial charge is 0.424 e. The number of aromatic hydroxyl groups is 1. The number of fused-ring (bicyclic) bond motifs is 1. The van der Waals surface area contributed by atoms with Gasteiger partial charge in [0.15, 0.2) is 11.9 Å². The van der Waals surface area contributed by atoms with Crippen LogP contribution in [0.2, 0.25) is 0 Å². The normalized spacial score (nSPS) is 14.8. The van der Waals surface area contributed by atoms with Crippen molar-refractivity contribution in [2.45, 2.75) is 39.3 Å². The molecule has 0 spiro atoms. The van der Waals surface area contributed by atoms with Crippen LogP contribution in [0.25, 0.3) is 16.4 Å². The van der Waals surface area contributed by atoms with Gasteiger partial charge in [-0.15, -0.1) is 0 Å². The predicted molar refractivity (Wildman–Crippen MR) is 120 cm³/mol. The Bertz CT molecular complexity index is 1090. The summed E-state index contributed by atoms with van der Waals surface area (Å²) in [7, 11) is 0. The summed E-state index contributed by atoms with van der Waals surface area (Å²) in [6.07, 6.45) is 2.53. The van der Waals surface area contributed by atoms with Crippen molar-refractivity contribution in [3.8, 4) is 23.3 Å². The first-order valence-electron chi connectivity index (χ1n) is 10.1. The van der Waals surface area contributed by atoms with Crippen LogP contribution in [0.1, 0.15) is 26.3 Å². The summed E-state index contributed by atoms with van der Waals surface area (Å²) in [5, 5.41) is 12.9. The maximum atomic E-state index is 9.46. The fourth-order valence-corrected chi connectivity index (χ4v) is 3.54. The van der Waals surface area contributed by atoms with Crippen LogP contribution in [0, 0.1) is 6.07 Å². The molecule has 152 valence electrons. The Kier molecular flexibility index (Phi) is 5.48. The summed E-state index contributed by atoms with van der Waals surface area (Å²) in [5.41, 5.74) is 2.55. The summed E-state index contributed by atoms with van der Waals surface area (Å²) in [4.78, 5) is 20.7. The topological polar surface area (TPSA) is 78.5 Å². The highest BCUT2D eigenvalue weighted by atomic mass is 16.3. The highest BCUT2D eigenvalue weighted by molar-refractivity contribution is 5.83. The number of phenols is 1. The Hall–Kier alpha value is -3.66. The van der Waals surface area contributed by atoms with Gasteiger partial charge in [0.25, 0.3) is 0 Å². The molecule has 0 saturated carbocycles. The van der Waals surface area contributed by atoms with Gasteiger partial charge in [-0.05, 0) is 61.9 Å². The number of phenolic OH excluding ortho intramolecular Hbond substituents is 1. The Morgan fingerprint density at radius 2 is 1.97 bits per heavy atom. The number of hydrogen-bond acceptors (Lipinski definition) is 6. The molecule has 1 atom stereocenters. The monoisotopic (exact) mass is 401 g/mol. The van der Waals surface area contributed by atoms with Crippen LogP contribution < -0.4 is 10.2 Å².